The predicted molar refractivity (Wildman–Crippen MR) is 70.2 cm³/mol. The van der Waals surface area contributed by atoms with Gasteiger partial charge in [0.05, 0.1) is 5.69 Å². The van der Waals surface area contributed by atoms with Crippen LogP contribution in [0.2, 0.25) is 0 Å². The number of nitrogens with one attached hydrogen (secondary N) is 1. The summed E-state index contributed by atoms with van der Waals surface area (Å²) in [6.45, 7) is 1.82. The summed E-state index contributed by atoms with van der Waals surface area (Å²) in [5, 5.41) is 21.9. The number of amides is 1. The minimum Gasteiger partial charge on any atom is -0.508 e. The molecule has 0 saturated carbocycles. The summed E-state index contributed by atoms with van der Waals surface area (Å²) in [6, 6.07) is 4.85. The molecule has 6 nitrogen and oxygen atoms in total. The number of aliphatic carboxylic acids is 1. The number of nitrogens with zero attached hydrogens (tertiary/aromatic N) is 1. The van der Waals surface area contributed by atoms with Gasteiger partial charge in [-0.1, -0.05) is 0 Å². The second-order valence-corrected chi connectivity index (χ2v) is 4.65. The second kappa shape index (κ2) is 5.07. The van der Waals surface area contributed by atoms with E-state index in [0.29, 0.717) is 5.69 Å². The van der Waals surface area contributed by atoms with E-state index >= 15 is 0 Å². The van der Waals surface area contributed by atoms with Gasteiger partial charge in [-0.3, -0.25) is 10.1 Å². The van der Waals surface area contributed by atoms with Crippen molar-refractivity contribution in [1.82, 2.24) is 4.98 Å². The smallest absolute Gasteiger partial charge is 0.394 e. The summed E-state index contributed by atoms with van der Waals surface area (Å²) in [4.78, 5) is 25.5. The molecule has 3 N–H and O–H groups in total. The lowest BCUT2D eigenvalue weighted by atomic mass is 10.1. The van der Waals surface area contributed by atoms with Crippen molar-refractivity contribution in [3.63, 3.8) is 0 Å². The summed E-state index contributed by atoms with van der Waals surface area (Å²) >= 11 is 1.13. The Labute approximate surface area is 112 Å². The third-order valence-corrected chi connectivity index (χ3v) is 3.16. The fraction of sp³-hybridized carbons (Fsp3) is 0.0833. The Hall–Kier alpha value is -2.41. The quantitative estimate of drug-likeness (QED) is 0.728. The van der Waals surface area contributed by atoms with E-state index in [2.05, 4.69) is 10.3 Å². The molecule has 0 bridgehead atoms. The number of aromatic nitrogens is 1. The van der Waals surface area contributed by atoms with Crippen LogP contribution in [0, 0.1) is 6.92 Å². The average Bonchev–Trinajstić information content (AvgIpc) is 2.77. The maximum Gasteiger partial charge on any atom is 0.394 e. The molecule has 0 fully saturated rings. The first kappa shape index (κ1) is 13.0. The molecule has 1 amide bonds. The minimum atomic E-state index is -1.56. The van der Waals surface area contributed by atoms with E-state index in [-0.39, 0.29) is 10.9 Å². The van der Waals surface area contributed by atoms with Crippen LogP contribution < -0.4 is 5.32 Å². The fourth-order valence-electron chi connectivity index (χ4n) is 1.54. The number of carbonyl (C=O) groups is 2. The number of carboxylic acid groups (broad SMARTS) is 1. The molecule has 19 heavy (non-hydrogen) atoms. The monoisotopic (exact) mass is 278 g/mol. The van der Waals surface area contributed by atoms with E-state index in [4.69, 9.17) is 5.11 Å². The van der Waals surface area contributed by atoms with E-state index in [9.17, 15) is 14.7 Å². The number of aryl methyl sites for hydroxylation is 1. The zero-order chi connectivity index (χ0) is 14.0. The highest BCUT2D eigenvalue weighted by atomic mass is 32.1. The number of anilines is 1. The minimum absolute atomic E-state index is 0.163. The molecule has 0 radical (unpaired) electrons. The molecule has 0 unspecified atom stereocenters. The highest BCUT2D eigenvalue weighted by Crippen LogP contribution is 2.29. The van der Waals surface area contributed by atoms with Crippen molar-refractivity contribution >= 4 is 28.3 Å². The summed E-state index contributed by atoms with van der Waals surface area (Å²) in [7, 11) is 0. The van der Waals surface area contributed by atoms with Crippen LogP contribution in [-0.2, 0) is 9.59 Å². The molecule has 0 aliphatic carbocycles. The lowest BCUT2D eigenvalue weighted by molar-refractivity contribution is -0.147. The topological polar surface area (TPSA) is 99.5 Å². The number of hydrogen-bond donors (Lipinski definition) is 3. The first-order valence-corrected chi connectivity index (χ1v) is 6.15. The van der Waals surface area contributed by atoms with Gasteiger partial charge < -0.3 is 10.2 Å². The van der Waals surface area contributed by atoms with Crippen LogP contribution in [0.25, 0.3) is 11.3 Å². The van der Waals surface area contributed by atoms with Crippen LogP contribution in [0.3, 0.4) is 0 Å². The number of phenolic OH excluding ortho intramolecular Hbond substituents is 1. The van der Waals surface area contributed by atoms with Crippen molar-refractivity contribution in [2.75, 3.05) is 5.32 Å². The van der Waals surface area contributed by atoms with Crippen LogP contribution in [0.5, 0.6) is 5.75 Å². The van der Waals surface area contributed by atoms with Gasteiger partial charge >= 0.3 is 11.9 Å². The number of benzene rings is 1. The molecule has 98 valence electrons. The van der Waals surface area contributed by atoms with Crippen LogP contribution in [-0.4, -0.2) is 27.1 Å². The van der Waals surface area contributed by atoms with Gasteiger partial charge in [0, 0.05) is 10.9 Å². The molecule has 0 saturated heterocycles. The van der Waals surface area contributed by atoms with E-state index in [0.717, 1.165) is 22.5 Å². The molecule has 7 heteroatoms. The number of phenols is 1. The molecule has 0 aliphatic heterocycles. The lowest BCUT2D eigenvalue weighted by Gasteiger charge is -2.02. The maximum atomic E-state index is 11.0. The molecule has 0 spiro atoms. The van der Waals surface area contributed by atoms with Gasteiger partial charge in [-0.2, -0.15) is 0 Å². The summed E-state index contributed by atoms with van der Waals surface area (Å²) in [5.74, 6) is -2.52. The largest absolute Gasteiger partial charge is 0.508 e. The van der Waals surface area contributed by atoms with Gasteiger partial charge in [0.1, 0.15) is 5.75 Å². The van der Waals surface area contributed by atoms with Crippen molar-refractivity contribution in [3.8, 4) is 17.0 Å². The van der Waals surface area contributed by atoms with Crippen molar-refractivity contribution in [2.24, 2.45) is 0 Å². The highest BCUT2D eigenvalue weighted by molar-refractivity contribution is 7.14. The number of aromatic hydroxyl groups is 1. The Morgan fingerprint density at radius 1 is 1.37 bits per heavy atom. The normalized spacial score (nSPS) is 10.2. The standard InChI is InChI=1S/C12H10N2O4S/c1-6-4-7(15)2-3-8(6)9-5-19-12(13-9)14-10(16)11(17)18/h2-5,15H,1H3,(H,17,18)(H,13,14,16). The van der Waals surface area contributed by atoms with Gasteiger partial charge in [0.25, 0.3) is 0 Å². The Bertz CT molecular complexity index is 651. The van der Waals surface area contributed by atoms with E-state index in [1.807, 2.05) is 6.92 Å². The third kappa shape index (κ3) is 2.89. The molecule has 1 heterocycles. The number of hydrogen-bond acceptors (Lipinski definition) is 5. The number of carboxylic acids is 1. The molecular weight excluding hydrogens is 268 g/mol. The van der Waals surface area contributed by atoms with Crippen molar-refractivity contribution in [1.29, 1.82) is 0 Å². The van der Waals surface area contributed by atoms with E-state index < -0.39 is 11.9 Å². The Morgan fingerprint density at radius 2 is 2.11 bits per heavy atom. The highest BCUT2D eigenvalue weighted by Gasteiger charge is 2.14. The van der Waals surface area contributed by atoms with Gasteiger partial charge in [-0.05, 0) is 30.7 Å². The molecule has 1 aromatic carbocycles. The molecular formula is C12H10N2O4S. The number of thiazole rings is 1. The Kier molecular flexibility index (Phi) is 3.48. The zero-order valence-corrected chi connectivity index (χ0v) is 10.7. The van der Waals surface area contributed by atoms with Crippen LogP contribution >= 0.6 is 11.3 Å². The summed E-state index contributed by atoms with van der Waals surface area (Å²) < 4.78 is 0. The first-order chi connectivity index (χ1) is 8.97. The number of carbonyl (C=O) groups excluding carboxylic acids is 1. The number of rotatable bonds is 2. The molecule has 2 aromatic rings. The molecule has 2 rings (SSSR count). The maximum absolute atomic E-state index is 11.0. The van der Waals surface area contributed by atoms with Gasteiger partial charge in [-0.25, -0.2) is 9.78 Å². The van der Waals surface area contributed by atoms with Crippen molar-refractivity contribution in [3.05, 3.63) is 29.1 Å². The third-order valence-electron chi connectivity index (χ3n) is 2.40. The fourth-order valence-corrected chi connectivity index (χ4v) is 2.25. The van der Waals surface area contributed by atoms with Crippen molar-refractivity contribution < 1.29 is 19.8 Å². The van der Waals surface area contributed by atoms with Gasteiger partial charge in [-0.15, -0.1) is 11.3 Å². The van der Waals surface area contributed by atoms with Crippen LogP contribution in [0.15, 0.2) is 23.6 Å². The summed E-state index contributed by atoms with van der Waals surface area (Å²) in [5.41, 5.74) is 2.26. The second-order valence-electron chi connectivity index (χ2n) is 3.80. The molecule has 0 atom stereocenters. The van der Waals surface area contributed by atoms with Gasteiger partial charge in [0.2, 0.25) is 0 Å². The van der Waals surface area contributed by atoms with E-state index in [1.165, 1.54) is 6.07 Å². The molecule has 1 aromatic heterocycles. The Morgan fingerprint density at radius 3 is 2.74 bits per heavy atom. The SMILES string of the molecule is Cc1cc(O)ccc1-c1csc(NC(=O)C(=O)O)n1. The predicted octanol–water partition coefficient (Wildman–Crippen LogP) is 1.85. The zero-order valence-electron chi connectivity index (χ0n) is 9.88. The lowest BCUT2D eigenvalue weighted by Crippen LogP contribution is -2.21. The Balaban J connectivity index is 2.26. The summed E-state index contributed by atoms with van der Waals surface area (Å²) in [6.07, 6.45) is 0. The van der Waals surface area contributed by atoms with Crippen molar-refractivity contribution in [2.45, 2.75) is 6.92 Å². The van der Waals surface area contributed by atoms with Crippen LogP contribution in [0.4, 0.5) is 5.13 Å². The average molecular weight is 278 g/mol. The van der Waals surface area contributed by atoms with E-state index in [1.54, 1.807) is 17.5 Å². The van der Waals surface area contributed by atoms with Gasteiger partial charge in [0.15, 0.2) is 5.13 Å². The molecule has 0 aliphatic rings. The van der Waals surface area contributed by atoms with Crippen LogP contribution in [0.1, 0.15) is 5.56 Å². The first-order valence-electron chi connectivity index (χ1n) is 5.27.